The van der Waals surface area contributed by atoms with Crippen molar-refractivity contribution in [3.8, 4) is 6.07 Å². The molecule has 2 aliphatic rings. The molecule has 3 nitrogen and oxygen atoms in total. The molecule has 0 aromatic heterocycles. The Labute approximate surface area is 124 Å². The molecule has 2 atom stereocenters. The Hall–Kier alpha value is -1.31. The minimum Gasteiger partial charge on any atom is -0.326 e. The summed E-state index contributed by atoms with van der Waals surface area (Å²) in [5.74, 6) is 1.60. The van der Waals surface area contributed by atoms with Gasteiger partial charge < -0.3 is 5.73 Å². The van der Waals surface area contributed by atoms with Crippen LogP contribution in [0.1, 0.15) is 42.0 Å². The van der Waals surface area contributed by atoms with E-state index in [4.69, 9.17) is 10.7 Å². The molecule has 20 heavy (non-hydrogen) atoms. The molecule has 2 heterocycles. The fourth-order valence-electron chi connectivity index (χ4n) is 3.32. The summed E-state index contributed by atoms with van der Waals surface area (Å²) in [6, 6.07) is 4.73. The monoisotopic (exact) mass is 285 g/mol. The van der Waals surface area contributed by atoms with Crippen LogP contribution in [-0.4, -0.2) is 16.8 Å². The SMILES string of the molecule is Cc1cc2c(c(C#N)c1C(C)C)CC1C(=N2)SCC1N. The molecule has 2 unspecified atom stereocenters. The van der Waals surface area contributed by atoms with Crippen molar-refractivity contribution in [2.75, 3.05) is 5.75 Å². The van der Waals surface area contributed by atoms with Crippen LogP contribution in [0.25, 0.3) is 0 Å². The Morgan fingerprint density at radius 3 is 2.90 bits per heavy atom. The summed E-state index contributed by atoms with van der Waals surface area (Å²) in [4.78, 5) is 4.78. The zero-order valence-electron chi connectivity index (χ0n) is 12.1. The highest BCUT2D eigenvalue weighted by atomic mass is 32.2. The van der Waals surface area contributed by atoms with E-state index in [1.54, 1.807) is 11.8 Å². The lowest BCUT2D eigenvalue weighted by atomic mass is 9.83. The first kappa shape index (κ1) is 13.7. The summed E-state index contributed by atoms with van der Waals surface area (Å²) in [6.45, 7) is 6.37. The van der Waals surface area contributed by atoms with Crippen molar-refractivity contribution in [3.63, 3.8) is 0 Å². The molecule has 2 aliphatic heterocycles. The van der Waals surface area contributed by atoms with Crippen molar-refractivity contribution in [1.29, 1.82) is 5.26 Å². The lowest BCUT2D eigenvalue weighted by molar-refractivity contribution is 0.582. The van der Waals surface area contributed by atoms with E-state index in [9.17, 15) is 5.26 Å². The highest BCUT2D eigenvalue weighted by molar-refractivity contribution is 8.14. The topological polar surface area (TPSA) is 62.2 Å². The quantitative estimate of drug-likeness (QED) is 0.861. The maximum atomic E-state index is 9.62. The molecule has 2 N–H and O–H groups in total. The minimum atomic E-state index is 0.169. The number of nitrogens with zero attached hydrogens (tertiary/aromatic N) is 2. The van der Waals surface area contributed by atoms with Crippen LogP contribution in [0.2, 0.25) is 0 Å². The smallest absolute Gasteiger partial charge is 0.0998 e. The summed E-state index contributed by atoms with van der Waals surface area (Å²) in [7, 11) is 0. The van der Waals surface area contributed by atoms with Crippen molar-refractivity contribution >= 4 is 22.5 Å². The van der Waals surface area contributed by atoms with Crippen LogP contribution >= 0.6 is 11.8 Å². The van der Waals surface area contributed by atoms with Crippen LogP contribution in [-0.2, 0) is 6.42 Å². The molecule has 0 aliphatic carbocycles. The van der Waals surface area contributed by atoms with E-state index in [1.807, 2.05) is 0 Å². The normalized spacial score (nSPS) is 24.1. The second kappa shape index (κ2) is 4.91. The first-order valence-corrected chi connectivity index (χ1v) is 8.05. The number of thioether (sulfide) groups is 1. The first-order chi connectivity index (χ1) is 9.52. The Kier molecular flexibility index (Phi) is 3.35. The minimum absolute atomic E-state index is 0.169. The van der Waals surface area contributed by atoms with E-state index in [2.05, 4.69) is 32.9 Å². The number of nitriles is 1. The molecular formula is C16H19N3S. The molecule has 1 aromatic carbocycles. The van der Waals surface area contributed by atoms with Gasteiger partial charge in [-0.05, 0) is 42.0 Å². The van der Waals surface area contributed by atoms with Gasteiger partial charge in [0, 0.05) is 17.7 Å². The van der Waals surface area contributed by atoms with Gasteiger partial charge in [-0.15, -0.1) is 11.8 Å². The number of hydrogen-bond donors (Lipinski definition) is 1. The van der Waals surface area contributed by atoms with Gasteiger partial charge in [-0.3, -0.25) is 0 Å². The third-order valence-corrected chi connectivity index (χ3v) is 5.50. The number of benzene rings is 1. The second-order valence-corrected chi connectivity index (χ2v) is 7.02. The molecule has 1 aromatic rings. The average molecular weight is 285 g/mol. The van der Waals surface area contributed by atoms with Crippen LogP contribution in [0.15, 0.2) is 11.1 Å². The van der Waals surface area contributed by atoms with Crippen molar-refractivity contribution in [2.24, 2.45) is 16.6 Å². The predicted molar refractivity (Wildman–Crippen MR) is 84.7 cm³/mol. The largest absolute Gasteiger partial charge is 0.326 e. The number of aryl methyl sites for hydroxylation is 1. The van der Waals surface area contributed by atoms with Crippen molar-refractivity contribution in [2.45, 2.75) is 39.2 Å². The summed E-state index contributed by atoms with van der Waals surface area (Å²) < 4.78 is 0. The third-order valence-electron chi connectivity index (χ3n) is 4.26. The Bertz CT molecular complexity index is 640. The van der Waals surface area contributed by atoms with Crippen LogP contribution in [0.5, 0.6) is 0 Å². The average Bonchev–Trinajstić information content (AvgIpc) is 2.75. The zero-order chi connectivity index (χ0) is 14.4. The molecule has 0 spiro atoms. The fourth-order valence-corrected chi connectivity index (χ4v) is 4.55. The van der Waals surface area contributed by atoms with Gasteiger partial charge in [0.1, 0.15) is 0 Å². The molecule has 104 valence electrons. The summed E-state index contributed by atoms with van der Waals surface area (Å²) in [6.07, 6.45) is 0.866. The molecule has 1 saturated heterocycles. The van der Waals surface area contributed by atoms with E-state index in [0.29, 0.717) is 11.8 Å². The van der Waals surface area contributed by atoms with Crippen molar-refractivity contribution in [3.05, 3.63) is 28.3 Å². The number of nitrogens with two attached hydrogens (primary N) is 1. The van der Waals surface area contributed by atoms with Gasteiger partial charge >= 0.3 is 0 Å². The Balaban J connectivity index is 2.20. The van der Waals surface area contributed by atoms with Gasteiger partial charge in [0.15, 0.2) is 0 Å². The van der Waals surface area contributed by atoms with Crippen molar-refractivity contribution < 1.29 is 0 Å². The lowest BCUT2D eigenvalue weighted by Gasteiger charge is -2.25. The molecule has 1 fully saturated rings. The summed E-state index contributed by atoms with van der Waals surface area (Å²) in [5.41, 5.74) is 11.4. The molecule has 0 amide bonds. The first-order valence-electron chi connectivity index (χ1n) is 7.06. The van der Waals surface area contributed by atoms with Crippen LogP contribution in [0.3, 0.4) is 0 Å². The third kappa shape index (κ3) is 1.97. The van der Waals surface area contributed by atoms with E-state index in [0.717, 1.165) is 34.0 Å². The number of rotatable bonds is 1. The Morgan fingerprint density at radius 2 is 2.25 bits per heavy atom. The highest BCUT2D eigenvalue weighted by Crippen LogP contribution is 2.42. The predicted octanol–water partition coefficient (Wildman–Crippen LogP) is 3.27. The zero-order valence-corrected chi connectivity index (χ0v) is 12.9. The van der Waals surface area contributed by atoms with Gasteiger partial charge in [0.25, 0.3) is 0 Å². The molecule has 0 bridgehead atoms. The van der Waals surface area contributed by atoms with E-state index >= 15 is 0 Å². The van der Waals surface area contributed by atoms with Crippen LogP contribution in [0, 0.1) is 24.2 Å². The molecule has 0 radical (unpaired) electrons. The van der Waals surface area contributed by atoms with E-state index < -0.39 is 0 Å². The summed E-state index contributed by atoms with van der Waals surface area (Å²) >= 11 is 1.77. The summed E-state index contributed by atoms with van der Waals surface area (Å²) in [5, 5.41) is 10.8. The van der Waals surface area contributed by atoms with Gasteiger partial charge in [0.05, 0.1) is 22.4 Å². The number of hydrogen-bond acceptors (Lipinski definition) is 4. The van der Waals surface area contributed by atoms with E-state index in [-0.39, 0.29) is 6.04 Å². The fraction of sp³-hybridized carbons (Fsp3) is 0.500. The second-order valence-electron chi connectivity index (χ2n) is 5.98. The van der Waals surface area contributed by atoms with Gasteiger partial charge in [-0.25, -0.2) is 4.99 Å². The molecule has 3 rings (SSSR count). The molecule has 0 saturated carbocycles. The molecule has 4 heteroatoms. The van der Waals surface area contributed by atoms with Gasteiger partial charge in [-0.2, -0.15) is 5.26 Å². The Morgan fingerprint density at radius 1 is 1.50 bits per heavy atom. The van der Waals surface area contributed by atoms with Gasteiger partial charge in [-0.1, -0.05) is 13.8 Å². The van der Waals surface area contributed by atoms with Gasteiger partial charge in [0.2, 0.25) is 0 Å². The van der Waals surface area contributed by atoms with Crippen molar-refractivity contribution in [1.82, 2.24) is 0 Å². The highest BCUT2D eigenvalue weighted by Gasteiger charge is 2.36. The lowest BCUT2D eigenvalue weighted by Crippen LogP contribution is -2.33. The maximum Gasteiger partial charge on any atom is 0.0998 e. The standard InChI is InChI=1S/C16H19N3S/c1-8(2)15-9(3)4-14-10(12(15)6-17)5-11-13(18)7-20-16(11)19-14/h4,8,11,13H,5,7,18H2,1-3H3. The van der Waals surface area contributed by atoms with E-state index in [1.165, 1.54) is 11.1 Å². The van der Waals surface area contributed by atoms with Crippen LogP contribution < -0.4 is 5.73 Å². The number of aliphatic imine (C=N–C) groups is 1. The maximum absolute atomic E-state index is 9.62. The number of fused-ring (bicyclic) bond motifs is 2. The molecular weight excluding hydrogens is 266 g/mol. The van der Waals surface area contributed by atoms with Crippen LogP contribution in [0.4, 0.5) is 5.69 Å².